The molecule has 8 heteroatoms. The Labute approximate surface area is 137 Å². The molecule has 4 heterocycles. The van der Waals surface area contributed by atoms with E-state index in [-0.39, 0.29) is 23.0 Å². The van der Waals surface area contributed by atoms with Crippen LogP contribution in [-0.4, -0.2) is 50.4 Å². The zero-order chi connectivity index (χ0) is 17.1. The number of fused-ring (bicyclic) bond motifs is 2. The van der Waals surface area contributed by atoms with Crippen LogP contribution in [0.15, 0.2) is 12.4 Å². The first-order valence-electron chi connectivity index (χ1n) is 7.87. The fourth-order valence-corrected chi connectivity index (χ4v) is 3.69. The molecule has 1 saturated carbocycles. The van der Waals surface area contributed by atoms with Crippen molar-refractivity contribution < 1.29 is 23.8 Å². The second kappa shape index (κ2) is 4.89. The maximum absolute atomic E-state index is 13.1. The van der Waals surface area contributed by atoms with Gasteiger partial charge in [0.2, 0.25) is 11.7 Å². The van der Waals surface area contributed by atoms with Crippen LogP contribution < -0.4 is 4.74 Å². The predicted octanol–water partition coefficient (Wildman–Crippen LogP) is 1.98. The van der Waals surface area contributed by atoms with Crippen molar-refractivity contribution in [3.8, 4) is 5.88 Å². The van der Waals surface area contributed by atoms with E-state index in [9.17, 15) is 14.3 Å². The van der Waals surface area contributed by atoms with E-state index in [1.807, 2.05) is 0 Å². The van der Waals surface area contributed by atoms with Gasteiger partial charge >= 0.3 is 5.97 Å². The number of aromatic carboxylic acids is 1. The third-order valence-electron chi connectivity index (χ3n) is 4.75. The zero-order valence-corrected chi connectivity index (χ0v) is 13.5. The number of halogens is 1. The second-order valence-corrected chi connectivity index (χ2v) is 7.00. The van der Waals surface area contributed by atoms with Crippen molar-refractivity contribution in [1.82, 2.24) is 14.4 Å². The molecule has 3 aliphatic rings. The quantitative estimate of drug-likeness (QED) is 0.899. The van der Waals surface area contributed by atoms with E-state index in [1.54, 1.807) is 24.4 Å². The average molecular weight is 335 g/mol. The normalized spacial score (nSPS) is 28.3. The highest BCUT2D eigenvalue weighted by Crippen LogP contribution is 2.58. The molecule has 5 rings (SSSR count). The van der Waals surface area contributed by atoms with Gasteiger partial charge in [-0.3, -0.25) is 4.40 Å². The summed E-state index contributed by atoms with van der Waals surface area (Å²) in [5.41, 5.74) is -0.203. The first kappa shape index (κ1) is 15.3. The van der Waals surface area contributed by atoms with Crippen molar-refractivity contribution in [1.29, 1.82) is 0 Å². The molecule has 7 nitrogen and oxygen atoms in total. The number of carboxylic acids is 1. The minimum absolute atomic E-state index is 0.0213. The highest BCUT2D eigenvalue weighted by Gasteiger charge is 2.64. The smallest absolute Gasteiger partial charge is 0.342 e. The Bertz CT molecular complexity index is 826. The maximum atomic E-state index is 13.1. The molecule has 0 radical (unpaired) electrons. The molecule has 2 bridgehead atoms. The molecule has 1 N–H and O–H groups in total. The molecule has 0 aromatic carbocycles. The summed E-state index contributed by atoms with van der Waals surface area (Å²) in [6.45, 7) is 3.54. The lowest BCUT2D eigenvalue weighted by molar-refractivity contribution is -0.0235. The molecule has 2 aromatic heterocycles. The second-order valence-electron chi connectivity index (χ2n) is 7.00. The highest BCUT2D eigenvalue weighted by molar-refractivity contribution is 5.90. The minimum Gasteiger partial charge on any atom is -0.477 e. The van der Waals surface area contributed by atoms with Crippen LogP contribution in [0, 0.1) is 0 Å². The zero-order valence-electron chi connectivity index (χ0n) is 13.5. The molecule has 3 fully saturated rings. The van der Waals surface area contributed by atoms with Crippen LogP contribution in [0.25, 0.3) is 5.78 Å². The number of aromatic nitrogens is 3. The molecule has 2 aromatic rings. The van der Waals surface area contributed by atoms with E-state index in [1.165, 1.54) is 6.20 Å². The first-order valence-corrected chi connectivity index (χ1v) is 7.87. The fraction of sp³-hybridized carbons (Fsp3) is 0.562. The first-order chi connectivity index (χ1) is 11.4. The fourth-order valence-electron chi connectivity index (χ4n) is 3.69. The Kier molecular flexibility index (Phi) is 3.12. The maximum Gasteiger partial charge on any atom is 0.342 e. The molecule has 0 amide bonds. The molecular formula is C16H18FN3O4. The van der Waals surface area contributed by atoms with Gasteiger partial charge in [-0.25, -0.2) is 14.2 Å². The van der Waals surface area contributed by atoms with Crippen LogP contribution in [0.5, 0.6) is 5.88 Å². The van der Waals surface area contributed by atoms with Crippen LogP contribution in [0.4, 0.5) is 4.39 Å². The molecule has 24 heavy (non-hydrogen) atoms. The van der Waals surface area contributed by atoms with Gasteiger partial charge in [0, 0.05) is 17.8 Å². The Morgan fingerprint density at radius 3 is 2.79 bits per heavy atom. The van der Waals surface area contributed by atoms with E-state index in [2.05, 4.69) is 9.97 Å². The van der Waals surface area contributed by atoms with Gasteiger partial charge < -0.3 is 14.6 Å². The Morgan fingerprint density at radius 1 is 1.46 bits per heavy atom. The summed E-state index contributed by atoms with van der Waals surface area (Å²) in [5, 5.41) is 9.37. The third-order valence-corrected chi connectivity index (χ3v) is 4.75. The molecule has 0 spiro atoms. The number of imidazole rings is 1. The summed E-state index contributed by atoms with van der Waals surface area (Å²) in [7, 11) is 0. The van der Waals surface area contributed by atoms with Crippen molar-refractivity contribution in [2.75, 3.05) is 13.3 Å². The van der Waals surface area contributed by atoms with Gasteiger partial charge in [0.15, 0.2) is 0 Å². The summed E-state index contributed by atoms with van der Waals surface area (Å²) in [4.78, 5) is 20.2. The van der Waals surface area contributed by atoms with Crippen LogP contribution in [0.1, 0.15) is 42.7 Å². The Morgan fingerprint density at radius 2 is 2.21 bits per heavy atom. The Balaban J connectivity index is 1.75. The van der Waals surface area contributed by atoms with E-state index in [0.29, 0.717) is 25.2 Å². The summed E-state index contributed by atoms with van der Waals surface area (Å²) in [6.07, 6.45) is 4.20. The summed E-state index contributed by atoms with van der Waals surface area (Å²) >= 11 is 0. The number of rotatable bonds is 5. The van der Waals surface area contributed by atoms with Crippen LogP contribution in [0.2, 0.25) is 0 Å². The lowest BCUT2D eigenvalue weighted by Crippen LogP contribution is -2.48. The van der Waals surface area contributed by atoms with E-state index in [4.69, 9.17) is 9.47 Å². The standard InChI is InChI=1S/C16H18FN3O4/c1-9(2)24-12-10(13(21)22)3-20-4-11(18-14(20)19-12)15-5-16(6-15,7-17)23-8-15/h3-4,9H,5-8H2,1-2H3,(H,21,22). The van der Waals surface area contributed by atoms with Crippen molar-refractivity contribution in [2.45, 2.75) is 43.8 Å². The molecule has 128 valence electrons. The van der Waals surface area contributed by atoms with Crippen molar-refractivity contribution in [3.63, 3.8) is 0 Å². The molecular weight excluding hydrogens is 317 g/mol. The number of hydrogen-bond donors (Lipinski definition) is 1. The SMILES string of the molecule is CC(C)Oc1nc2nc(C34COC(CF)(C3)C4)cn2cc1C(=O)O. The van der Waals surface area contributed by atoms with E-state index < -0.39 is 18.2 Å². The summed E-state index contributed by atoms with van der Waals surface area (Å²) in [5.74, 6) is -0.698. The molecule has 0 atom stereocenters. The lowest BCUT2D eigenvalue weighted by Gasteiger charge is -2.41. The summed E-state index contributed by atoms with van der Waals surface area (Å²) < 4.78 is 25.8. The van der Waals surface area contributed by atoms with Gasteiger partial charge in [-0.05, 0) is 26.7 Å². The highest BCUT2D eigenvalue weighted by atomic mass is 19.1. The largest absolute Gasteiger partial charge is 0.477 e. The topological polar surface area (TPSA) is 86.0 Å². The van der Waals surface area contributed by atoms with Gasteiger partial charge in [-0.2, -0.15) is 4.98 Å². The third kappa shape index (κ3) is 2.09. The van der Waals surface area contributed by atoms with Gasteiger partial charge in [0.05, 0.1) is 24.0 Å². The van der Waals surface area contributed by atoms with E-state index >= 15 is 0 Å². The van der Waals surface area contributed by atoms with Crippen molar-refractivity contribution in [2.24, 2.45) is 0 Å². The van der Waals surface area contributed by atoms with Gasteiger partial charge in [0.1, 0.15) is 12.2 Å². The molecule has 2 saturated heterocycles. The predicted molar refractivity (Wildman–Crippen MR) is 81.3 cm³/mol. The summed E-state index contributed by atoms with van der Waals surface area (Å²) in [6, 6.07) is 0. The van der Waals surface area contributed by atoms with Crippen molar-refractivity contribution >= 4 is 11.7 Å². The van der Waals surface area contributed by atoms with Gasteiger partial charge in [0.25, 0.3) is 0 Å². The number of nitrogens with zero attached hydrogens (tertiary/aromatic N) is 3. The van der Waals surface area contributed by atoms with E-state index in [0.717, 1.165) is 5.69 Å². The Hall–Kier alpha value is -2.22. The van der Waals surface area contributed by atoms with Gasteiger partial charge in [-0.15, -0.1) is 0 Å². The number of hydrogen-bond acceptors (Lipinski definition) is 5. The molecule has 2 aliphatic heterocycles. The molecule has 0 unspecified atom stereocenters. The molecule has 1 aliphatic carbocycles. The lowest BCUT2D eigenvalue weighted by atomic mass is 9.61. The monoisotopic (exact) mass is 335 g/mol. The van der Waals surface area contributed by atoms with Crippen LogP contribution >= 0.6 is 0 Å². The average Bonchev–Trinajstić information content (AvgIpc) is 3.15. The minimum atomic E-state index is -1.11. The number of ether oxygens (including phenoxy) is 2. The van der Waals surface area contributed by atoms with Crippen molar-refractivity contribution in [3.05, 3.63) is 23.7 Å². The number of carboxylic acid groups (broad SMARTS) is 1. The van der Waals surface area contributed by atoms with Crippen LogP contribution in [-0.2, 0) is 10.2 Å². The van der Waals surface area contributed by atoms with Gasteiger partial charge in [-0.1, -0.05) is 0 Å². The van der Waals surface area contributed by atoms with Crippen LogP contribution in [0.3, 0.4) is 0 Å². The number of alkyl halides is 1. The number of carbonyl (C=O) groups is 1.